The fourth-order valence-corrected chi connectivity index (χ4v) is 2.71. The van der Waals surface area contributed by atoms with Gasteiger partial charge in [-0.2, -0.15) is 0 Å². The van der Waals surface area contributed by atoms with Crippen LogP contribution < -0.4 is 16.0 Å². The average molecular weight is 277 g/mol. The fourth-order valence-electron chi connectivity index (χ4n) is 2.55. The first-order valence-corrected chi connectivity index (χ1v) is 6.93. The van der Waals surface area contributed by atoms with Gasteiger partial charge in [-0.05, 0) is 31.2 Å². The monoisotopic (exact) mass is 276 g/mol. The molecule has 100 valence electrons. The number of nitrogens with zero attached hydrogens (tertiary/aromatic N) is 2. The molecule has 1 fully saturated rings. The Morgan fingerprint density at radius 3 is 2.95 bits per heavy atom. The van der Waals surface area contributed by atoms with Crippen molar-refractivity contribution >= 4 is 33.9 Å². The number of nitrogen functional groups attached to an aromatic ring is 1. The van der Waals surface area contributed by atoms with Crippen molar-refractivity contribution in [2.45, 2.75) is 6.42 Å². The van der Waals surface area contributed by atoms with Gasteiger partial charge in [-0.3, -0.25) is 0 Å². The molecule has 2 aromatic rings. The number of halogens is 1. The van der Waals surface area contributed by atoms with E-state index in [1.165, 1.54) is 0 Å². The molecular formula is C14H17ClN4. The minimum Gasteiger partial charge on any atom is -0.397 e. The second-order valence-corrected chi connectivity index (χ2v) is 5.19. The van der Waals surface area contributed by atoms with E-state index in [4.69, 9.17) is 17.3 Å². The first-order chi connectivity index (χ1) is 9.27. The molecule has 0 amide bonds. The number of nitrogens with one attached hydrogen (secondary N) is 1. The normalized spacial score (nSPS) is 16.6. The summed E-state index contributed by atoms with van der Waals surface area (Å²) in [5.41, 5.74) is 6.69. The summed E-state index contributed by atoms with van der Waals surface area (Å²) in [4.78, 5) is 6.86. The van der Waals surface area contributed by atoms with Crippen LogP contribution in [0.15, 0.2) is 24.4 Å². The fraction of sp³-hybridized carbons (Fsp3) is 0.357. The molecule has 4 nitrogen and oxygen atoms in total. The number of rotatable bonds is 1. The van der Waals surface area contributed by atoms with E-state index in [0.717, 1.165) is 49.2 Å². The van der Waals surface area contributed by atoms with Crippen LogP contribution in [0.4, 0.5) is 11.5 Å². The lowest BCUT2D eigenvalue weighted by molar-refractivity contribution is 0.724. The van der Waals surface area contributed by atoms with Gasteiger partial charge in [0.1, 0.15) is 5.82 Å². The predicted molar refractivity (Wildman–Crippen MR) is 80.9 cm³/mol. The van der Waals surface area contributed by atoms with Gasteiger partial charge in [-0.25, -0.2) is 4.98 Å². The summed E-state index contributed by atoms with van der Waals surface area (Å²) < 4.78 is 0. The van der Waals surface area contributed by atoms with Crippen molar-refractivity contribution in [1.29, 1.82) is 0 Å². The molecular weight excluding hydrogens is 260 g/mol. The zero-order chi connectivity index (χ0) is 13.2. The lowest BCUT2D eigenvalue weighted by atomic mass is 10.1. The molecule has 0 saturated carbocycles. The van der Waals surface area contributed by atoms with Gasteiger partial charge in [-0.1, -0.05) is 11.6 Å². The maximum absolute atomic E-state index is 6.08. The van der Waals surface area contributed by atoms with E-state index in [0.29, 0.717) is 10.7 Å². The van der Waals surface area contributed by atoms with Gasteiger partial charge in [0.25, 0.3) is 0 Å². The zero-order valence-electron chi connectivity index (χ0n) is 10.7. The van der Waals surface area contributed by atoms with Crippen LogP contribution in [0.5, 0.6) is 0 Å². The summed E-state index contributed by atoms with van der Waals surface area (Å²) in [6.07, 6.45) is 2.93. The Bertz CT molecular complexity index is 591. The average Bonchev–Trinajstić information content (AvgIpc) is 2.71. The quantitative estimate of drug-likeness (QED) is 0.785. The van der Waals surface area contributed by atoms with E-state index in [9.17, 15) is 0 Å². The third kappa shape index (κ3) is 2.33. The van der Waals surface area contributed by atoms with Crippen molar-refractivity contribution in [2.24, 2.45) is 0 Å². The highest BCUT2D eigenvalue weighted by Crippen LogP contribution is 2.32. The molecule has 2 heterocycles. The third-order valence-electron chi connectivity index (χ3n) is 3.55. The van der Waals surface area contributed by atoms with E-state index in [1.54, 1.807) is 0 Å². The van der Waals surface area contributed by atoms with Crippen molar-refractivity contribution in [3.8, 4) is 0 Å². The number of pyridine rings is 1. The molecule has 3 rings (SSSR count). The molecule has 1 aromatic heterocycles. The molecule has 1 aliphatic rings. The van der Waals surface area contributed by atoms with Crippen molar-refractivity contribution in [3.05, 3.63) is 29.4 Å². The smallest absolute Gasteiger partial charge is 0.136 e. The highest BCUT2D eigenvalue weighted by atomic mass is 35.5. The molecule has 19 heavy (non-hydrogen) atoms. The van der Waals surface area contributed by atoms with Crippen LogP contribution in [0.25, 0.3) is 10.8 Å². The largest absolute Gasteiger partial charge is 0.397 e. The summed E-state index contributed by atoms with van der Waals surface area (Å²) in [6.45, 7) is 4.03. The molecule has 1 aliphatic heterocycles. The number of benzene rings is 1. The van der Waals surface area contributed by atoms with E-state index in [2.05, 4.69) is 15.2 Å². The molecule has 5 heteroatoms. The topological polar surface area (TPSA) is 54.2 Å². The van der Waals surface area contributed by atoms with Crippen LogP contribution in [-0.2, 0) is 0 Å². The molecule has 1 saturated heterocycles. The van der Waals surface area contributed by atoms with Gasteiger partial charge in [0.05, 0.1) is 10.7 Å². The lowest BCUT2D eigenvalue weighted by Crippen LogP contribution is -2.28. The molecule has 0 spiro atoms. The van der Waals surface area contributed by atoms with E-state index in [-0.39, 0.29) is 0 Å². The standard InChI is InChI=1S/C14H17ClN4/c15-12-3-2-11-10(13(12)16)4-6-18-14(11)19-8-1-5-17-7-9-19/h2-4,6,17H,1,5,7-9,16H2. The number of nitrogens with two attached hydrogens (primary N) is 1. The highest BCUT2D eigenvalue weighted by Gasteiger charge is 2.15. The predicted octanol–water partition coefficient (Wildman–Crippen LogP) is 2.27. The van der Waals surface area contributed by atoms with Gasteiger partial charge in [0.15, 0.2) is 0 Å². The second-order valence-electron chi connectivity index (χ2n) is 4.78. The SMILES string of the molecule is Nc1c(Cl)ccc2c(N3CCCNCC3)nccc12. The van der Waals surface area contributed by atoms with Gasteiger partial charge < -0.3 is 16.0 Å². The summed E-state index contributed by atoms with van der Waals surface area (Å²) in [5.74, 6) is 1.00. The second kappa shape index (κ2) is 5.23. The molecule has 1 aromatic carbocycles. The minimum atomic E-state index is 0.599. The lowest BCUT2D eigenvalue weighted by Gasteiger charge is -2.23. The maximum atomic E-state index is 6.08. The number of hydrogen-bond acceptors (Lipinski definition) is 4. The summed E-state index contributed by atoms with van der Waals surface area (Å²) in [6, 6.07) is 5.78. The minimum absolute atomic E-state index is 0.599. The Labute approximate surface area is 117 Å². The van der Waals surface area contributed by atoms with E-state index >= 15 is 0 Å². The zero-order valence-corrected chi connectivity index (χ0v) is 11.5. The van der Waals surface area contributed by atoms with E-state index in [1.807, 2.05) is 24.4 Å². The molecule has 3 N–H and O–H groups in total. The number of fused-ring (bicyclic) bond motifs is 1. The first kappa shape index (κ1) is 12.5. The van der Waals surface area contributed by atoms with Crippen molar-refractivity contribution in [3.63, 3.8) is 0 Å². The Kier molecular flexibility index (Phi) is 3.44. The van der Waals surface area contributed by atoms with Gasteiger partial charge in [-0.15, -0.1) is 0 Å². The maximum Gasteiger partial charge on any atom is 0.136 e. The Hall–Kier alpha value is -1.52. The Morgan fingerprint density at radius 1 is 1.16 bits per heavy atom. The Balaban J connectivity index is 2.10. The van der Waals surface area contributed by atoms with Crippen LogP contribution in [0, 0.1) is 0 Å². The first-order valence-electron chi connectivity index (χ1n) is 6.56. The van der Waals surface area contributed by atoms with Crippen LogP contribution >= 0.6 is 11.6 Å². The molecule has 0 aliphatic carbocycles. The van der Waals surface area contributed by atoms with Crippen LogP contribution in [0.2, 0.25) is 5.02 Å². The molecule has 0 radical (unpaired) electrons. The molecule has 0 unspecified atom stereocenters. The summed E-state index contributed by atoms with van der Waals surface area (Å²) in [7, 11) is 0. The number of aromatic nitrogens is 1. The number of anilines is 2. The molecule has 0 atom stereocenters. The highest BCUT2D eigenvalue weighted by molar-refractivity contribution is 6.34. The van der Waals surface area contributed by atoms with Crippen LogP contribution in [-0.4, -0.2) is 31.2 Å². The van der Waals surface area contributed by atoms with Gasteiger partial charge in [0, 0.05) is 36.6 Å². The van der Waals surface area contributed by atoms with Crippen LogP contribution in [0.1, 0.15) is 6.42 Å². The van der Waals surface area contributed by atoms with Crippen LogP contribution in [0.3, 0.4) is 0 Å². The third-order valence-corrected chi connectivity index (χ3v) is 3.88. The van der Waals surface area contributed by atoms with E-state index < -0.39 is 0 Å². The van der Waals surface area contributed by atoms with Crippen molar-refractivity contribution in [2.75, 3.05) is 36.8 Å². The summed E-state index contributed by atoms with van der Waals surface area (Å²) in [5, 5.41) is 6.06. The Morgan fingerprint density at radius 2 is 2.05 bits per heavy atom. The van der Waals surface area contributed by atoms with Gasteiger partial charge >= 0.3 is 0 Å². The van der Waals surface area contributed by atoms with Crippen molar-refractivity contribution in [1.82, 2.24) is 10.3 Å². The summed E-state index contributed by atoms with van der Waals surface area (Å²) >= 11 is 6.08. The van der Waals surface area contributed by atoms with Gasteiger partial charge in [0.2, 0.25) is 0 Å². The van der Waals surface area contributed by atoms with Crippen molar-refractivity contribution < 1.29 is 0 Å². The molecule has 0 bridgehead atoms. The number of hydrogen-bond donors (Lipinski definition) is 2.